The maximum absolute atomic E-state index is 5.16. The van der Waals surface area contributed by atoms with Crippen LogP contribution in [0.25, 0.3) is 67.2 Å². The van der Waals surface area contributed by atoms with Gasteiger partial charge < -0.3 is 0 Å². The van der Waals surface area contributed by atoms with Crippen LogP contribution in [0.3, 0.4) is 0 Å². The third kappa shape index (κ3) is 5.53. The summed E-state index contributed by atoms with van der Waals surface area (Å²) in [6, 6.07) is 68.5. The molecule has 3 heteroatoms. The summed E-state index contributed by atoms with van der Waals surface area (Å²) in [6.45, 7) is 9.00. The molecule has 1 heterocycles. The van der Waals surface area contributed by atoms with E-state index in [9.17, 15) is 0 Å². The van der Waals surface area contributed by atoms with Crippen LogP contribution in [0.2, 0.25) is 0 Å². The summed E-state index contributed by atoms with van der Waals surface area (Å²) in [5, 5.41) is 2.22. The molecule has 1 aromatic heterocycles. The van der Waals surface area contributed by atoms with Crippen molar-refractivity contribution in [1.29, 1.82) is 0 Å². The highest BCUT2D eigenvalue weighted by Crippen LogP contribution is 2.66. The molecule has 12 rings (SSSR count). The van der Waals surface area contributed by atoms with Crippen LogP contribution in [-0.4, -0.2) is 15.0 Å². The van der Waals surface area contributed by atoms with Crippen molar-refractivity contribution in [3.63, 3.8) is 0 Å². The van der Waals surface area contributed by atoms with Crippen molar-refractivity contribution in [2.24, 2.45) is 0 Å². The number of hydrogen-bond donors (Lipinski definition) is 0. The zero-order valence-corrected chi connectivity index (χ0v) is 37.5. The summed E-state index contributed by atoms with van der Waals surface area (Å²) in [7, 11) is 0. The Morgan fingerprint density at radius 2 is 0.788 bits per heavy atom. The number of rotatable bonds is 6. The normalized spacial score (nSPS) is 18.2. The molecule has 3 aliphatic rings. The van der Waals surface area contributed by atoms with Gasteiger partial charge in [-0.2, -0.15) is 0 Å². The number of fused-ring (bicyclic) bond motifs is 11. The molecule has 0 aliphatic heterocycles. The summed E-state index contributed by atoms with van der Waals surface area (Å²) >= 11 is 0. The number of benzene rings is 8. The van der Waals surface area contributed by atoms with Gasteiger partial charge in [0.15, 0.2) is 17.5 Å². The Kier molecular flexibility index (Phi) is 9.19. The highest BCUT2D eigenvalue weighted by atomic mass is 15.0. The second kappa shape index (κ2) is 15.3. The predicted octanol–water partition coefficient (Wildman–Crippen LogP) is 15.4. The van der Waals surface area contributed by atoms with Crippen LogP contribution in [0.15, 0.2) is 224 Å². The van der Waals surface area contributed by atoms with E-state index in [1.165, 1.54) is 66.8 Å². The molecule has 9 aromatic rings. The molecule has 0 amide bonds. The Bertz CT molecular complexity index is 3460. The molecule has 0 unspecified atom stereocenters. The fourth-order valence-corrected chi connectivity index (χ4v) is 11.8. The number of aromatic nitrogens is 3. The Morgan fingerprint density at radius 1 is 0.348 bits per heavy atom. The average Bonchev–Trinajstić information content (AvgIpc) is 3.77. The lowest BCUT2D eigenvalue weighted by molar-refractivity contribution is 0.614. The van der Waals surface area contributed by atoms with Crippen molar-refractivity contribution in [1.82, 2.24) is 15.0 Å². The topological polar surface area (TPSA) is 38.7 Å². The Hall–Kier alpha value is -8.01. The first-order valence-electron chi connectivity index (χ1n) is 23.0. The highest BCUT2D eigenvalue weighted by molar-refractivity contribution is 6.00. The molecule has 0 atom stereocenters. The van der Waals surface area contributed by atoms with E-state index >= 15 is 0 Å². The lowest BCUT2D eigenvalue weighted by atomic mass is 9.52. The van der Waals surface area contributed by atoms with Crippen LogP contribution in [-0.2, 0) is 10.8 Å². The molecule has 8 aromatic carbocycles. The Labute approximate surface area is 387 Å². The van der Waals surface area contributed by atoms with Gasteiger partial charge in [0.1, 0.15) is 0 Å². The largest absolute Gasteiger partial charge is 0.208 e. The first-order chi connectivity index (χ1) is 32.5. The highest BCUT2D eigenvalue weighted by Gasteiger charge is 2.58. The van der Waals surface area contributed by atoms with Gasteiger partial charge >= 0.3 is 0 Å². The molecular weight excluding hydrogens is 799 g/mol. The van der Waals surface area contributed by atoms with Gasteiger partial charge in [-0.25, -0.2) is 15.0 Å². The minimum atomic E-state index is -0.536. The van der Waals surface area contributed by atoms with Gasteiger partial charge in [0.2, 0.25) is 0 Å². The monoisotopic (exact) mass is 845 g/mol. The molecular formula is C63H47N3. The fourth-order valence-electron chi connectivity index (χ4n) is 11.8. The molecule has 2 spiro atoms. The standard InChI is InChI=1S/C63H47N3/c1-5-20-47-40(3)62(53-29-14-13-27-49(47)53)54-30-15-17-32-56(54)63(57-33-18-16-31-55(57)62)41(4)48(21-6-2)50-37-36-46(39-58(50)63)45-35-34-42-26-19-28-51(52(42)38-45)61-65-59(43-22-9-7-10-23-43)64-60(66-61)44-24-11-8-12-25-44/h5-39H,1-4H3/b20-5-,21-6-. The summed E-state index contributed by atoms with van der Waals surface area (Å²) in [5.41, 5.74) is 20.1. The van der Waals surface area contributed by atoms with E-state index in [1.54, 1.807) is 0 Å². The second-order valence-corrected chi connectivity index (χ2v) is 17.8. The van der Waals surface area contributed by atoms with Crippen molar-refractivity contribution in [3.8, 4) is 45.3 Å². The van der Waals surface area contributed by atoms with Crippen LogP contribution >= 0.6 is 0 Å². The molecule has 3 nitrogen and oxygen atoms in total. The second-order valence-electron chi connectivity index (χ2n) is 17.8. The van der Waals surface area contributed by atoms with Gasteiger partial charge in [0.25, 0.3) is 0 Å². The number of hydrogen-bond acceptors (Lipinski definition) is 3. The van der Waals surface area contributed by atoms with Crippen LogP contribution in [0, 0.1) is 0 Å². The van der Waals surface area contributed by atoms with Gasteiger partial charge in [-0.15, -0.1) is 0 Å². The van der Waals surface area contributed by atoms with Crippen molar-refractivity contribution in [2.45, 2.75) is 38.5 Å². The van der Waals surface area contributed by atoms with Crippen LogP contribution < -0.4 is 0 Å². The molecule has 66 heavy (non-hydrogen) atoms. The smallest absolute Gasteiger partial charge is 0.164 e. The van der Waals surface area contributed by atoms with E-state index in [0.717, 1.165) is 38.6 Å². The lowest BCUT2D eigenvalue weighted by Crippen LogP contribution is -2.44. The first-order valence-corrected chi connectivity index (χ1v) is 23.0. The van der Waals surface area contributed by atoms with Crippen molar-refractivity contribution in [3.05, 3.63) is 268 Å². The first kappa shape index (κ1) is 39.6. The molecule has 3 aliphatic carbocycles. The van der Waals surface area contributed by atoms with Gasteiger partial charge in [0.05, 0.1) is 10.8 Å². The van der Waals surface area contributed by atoms with Gasteiger partial charge in [-0.1, -0.05) is 200 Å². The minimum Gasteiger partial charge on any atom is -0.208 e. The maximum Gasteiger partial charge on any atom is 0.164 e. The third-order valence-electron chi connectivity index (χ3n) is 14.6. The van der Waals surface area contributed by atoms with Crippen LogP contribution in [0.1, 0.15) is 72.2 Å². The summed E-state index contributed by atoms with van der Waals surface area (Å²) < 4.78 is 0. The summed E-state index contributed by atoms with van der Waals surface area (Å²) in [4.78, 5) is 15.3. The minimum absolute atomic E-state index is 0.449. The van der Waals surface area contributed by atoms with Crippen LogP contribution in [0.5, 0.6) is 0 Å². The van der Waals surface area contributed by atoms with Crippen molar-refractivity contribution in [2.75, 3.05) is 0 Å². The van der Waals surface area contributed by atoms with E-state index in [4.69, 9.17) is 15.0 Å². The van der Waals surface area contributed by atoms with E-state index in [2.05, 4.69) is 204 Å². The summed E-state index contributed by atoms with van der Waals surface area (Å²) in [5.74, 6) is 1.95. The number of nitrogens with zero attached hydrogens (tertiary/aromatic N) is 3. The average molecular weight is 846 g/mol. The van der Waals surface area contributed by atoms with Crippen LogP contribution in [0.4, 0.5) is 0 Å². The van der Waals surface area contributed by atoms with Gasteiger partial charge in [-0.05, 0) is 129 Å². The maximum atomic E-state index is 5.16. The van der Waals surface area contributed by atoms with E-state index in [0.29, 0.717) is 17.5 Å². The molecule has 0 bridgehead atoms. The Balaban J connectivity index is 1.08. The molecule has 314 valence electrons. The fraction of sp³-hybridized carbons (Fsp3) is 0.0952. The lowest BCUT2D eigenvalue weighted by Gasteiger charge is -2.49. The quantitative estimate of drug-likeness (QED) is 0.167. The SMILES string of the molecule is C/C=C\C1=C(C)C2(c3ccccc31)c1ccccc1C1(C(C)=C(/C=C\C)c3ccc(-c4ccc5cccc(-c6nc(-c7ccccc7)nc(-c7ccccc7)n6)c5c4)cc31)c1ccccc12. The zero-order chi connectivity index (χ0) is 44.6. The number of allylic oxidation sites excluding steroid dienone is 8. The molecule has 0 fully saturated rings. The van der Waals surface area contributed by atoms with E-state index in [-0.39, 0.29) is 0 Å². The van der Waals surface area contributed by atoms with E-state index < -0.39 is 10.8 Å². The van der Waals surface area contributed by atoms with E-state index in [1.807, 2.05) is 36.4 Å². The molecule has 0 saturated carbocycles. The molecule has 0 saturated heterocycles. The van der Waals surface area contributed by atoms with Crippen molar-refractivity contribution >= 4 is 21.9 Å². The third-order valence-corrected chi connectivity index (χ3v) is 14.6. The van der Waals surface area contributed by atoms with Gasteiger partial charge in [0, 0.05) is 16.7 Å². The molecule has 0 radical (unpaired) electrons. The summed E-state index contributed by atoms with van der Waals surface area (Å²) in [6.07, 6.45) is 9.01. The predicted molar refractivity (Wildman–Crippen MR) is 273 cm³/mol. The zero-order valence-electron chi connectivity index (χ0n) is 37.5. The van der Waals surface area contributed by atoms with Gasteiger partial charge in [-0.3, -0.25) is 0 Å². The Morgan fingerprint density at radius 3 is 1.35 bits per heavy atom. The van der Waals surface area contributed by atoms with Crippen molar-refractivity contribution < 1.29 is 0 Å². The molecule has 0 N–H and O–H groups in total.